The fourth-order valence-corrected chi connectivity index (χ4v) is 1.26. The zero-order chi connectivity index (χ0) is 12.2. The van der Waals surface area contributed by atoms with Crippen molar-refractivity contribution in [1.29, 1.82) is 0 Å². The third-order valence-electron chi connectivity index (χ3n) is 2.34. The van der Waals surface area contributed by atoms with Crippen molar-refractivity contribution in [1.82, 2.24) is 0 Å². The summed E-state index contributed by atoms with van der Waals surface area (Å²) >= 11 is 0. The number of ether oxygens (including phenoxy) is 1. The minimum Gasteiger partial charge on any atom is -0.490 e. The molecule has 90 valence electrons. The van der Waals surface area contributed by atoms with Gasteiger partial charge in [-0.05, 0) is 29.5 Å². The van der Waals surface area contributed by atoms with Gasteiger partial charge in [0.05, 0.1) is 6.61 Å². The lowest BCUT2D eigenvalue weighted by atomic mass is 9.93. The first kappa shape index (κ1) is 13.0. The summed E-state index contributed by atoms with van der Waals surface area (Å²) < 4.78 is 18.9. The van der Waals surface area contributed by atoms with E-state index in [0.717, 1.165) is 12.0 Å². The summed E-state index contributed by atoms with van der Waals surface area (Å²) in [5.41, 5.74) is 6.40. The molecule has 0 spiro atoms. The van der Waals surface area contributed by atoms with Crippen LogP contribution in [0.2, 0.25) is 0 Å². The van der Waals surface area contributed by atoms with Crippen LogP contribution in [0, 0.1) is 11.2 Å². The Morgan fingerprint density at radius 2 is 2.00 bits per heavy atom. The van der Waals surface area contributed by atoms with Gasteiger partial charge in [-0.25, -0.2) is 4.39 Å². The molecule has 2 nitrogen and oxygen atoms in total. The molecular weight excluding hydrogens is 205 g/mol. The van der Waals surface area contributed by atoms with Crippen molar-refractivity contribution < 1.29 is 9.13 Å². The molecule has 0 heterocycles. The van der Waals surface area contributed by atoms with Crippen molar-refractivity contribution >= 4 is 0 Å². The van der Waals surface area contributed by atoms with Crippen LogP contribution in [0.25, 0.3) is 0 Å². The van der Waals surface area contributed by atoms with Crippen LogP contribution in [0.4, 0.5) is 4.39 Å². The van der Waals surface area contributed by atoms with E-state index in [-0.39, 0.29) is 11.2 Å². The van der Waals surface area contributed by atoms with E-state index in [1.807, 2.05) is 0 Å². The molecule has 0 unspecified atom stereocenters. The molecule has 0 radical (unpaired) electrons. The lowest BCUT2D eigenvalue weighted by Crippen LogP contribution is -2.11. The molecule has 1 aromatic carbocycles. The normalized spacial score (nSPS) is 11.6. The standard InChI is InChI=1S/C13H20FNO/c1-13(2,3)6-7-16-12-5-4-10(9-15)8-11(12)14/h4-5,8H,6-7,9,15H2,1-3H3. The second-order valence-electron chi connectivity index (χ2n) is 5.13. The number of benzene rings is 1. The Morgan fingerprint density at radius 1 is 1.31 bits per heavy atom. The Bertz CT molecular complexity index is 344. The monoisotopic (exact) mass is 225 g/mol. The quantitative estimate of drug-likeness (QED) is 0.854. The van der Waals surface area contributed by atoms with Crippen molar-refractivity contribution in [3.8, 4) is 5.75 Å². The summed E-state index contributed by atoms with van der Waals surface area (Å²) in [6.07, 6.45) is 0.894. The average molecular weight is 225 g/mol. The second-order valence-corrected chi connectivity index (χ2v) is 5.13. The molecule has 1 aromatic rings. The Labute approximate surface area is 96.6 Å². The van der Waals surface area contributed by atoms with Gasteiger partial charge in [-0.3, -0.25) is 0 Å². The molecule has 16 heavy (non-hydrogen) atoms. The average Bonchev–Trinajstić information content (AvgIpc) is 2.18. The highest BCUT2D eigenvalue weighted by Gasteiger charge is 2.11. The molecule has 0 fully saturated rings. The molecule has 0 aliphatic carbocycles. The molecule has 0 aromatic heterocycles. The van der Waals surface area contributed by atoms with Gasteiger partial charge in [0.1, 0.15) is 0 Å². The third kappa shape index (κ3) is 4.19. The fourth-order valence-electron chi connectivity index (χ4n) is 1.26. The zero-order valence-corrected chi connectivity index (χ0v) is 10.2. The molecule has 0 saturated carbocycles. The predicted molar refractivity (Wildman–Crippen MR) is 63.9 cm³/mol. The lowest BCUT2D eigenvalue weighted by molar-refractivity contribution is 0.235. The molecular formula is C13H20FNO. The molecule has 1 rings (SSSR count). The van der Waals surface area contributed by atoms with Crippen molar-refractivity contribution in [2.24, 2.45) is 11.1 Å². The van der Waals surface area contributed by atoms with E-state index in [1.165, 1.54) is 6.07 Å². The first-order valence-electron chi connectivity index (χ1n) is 5.54. The summed E-state index contributed by atoms with van der Waals surface area (Å²) in [4.78, 5) is 0. The van der Waals surface area contributed by atoms with Gasteiger partial charge in [-0.1, -0.05) is 26.8 Å². The fraction of sp³-hybridized carbons (Fsp3) is 0.538. The SMILES string of the molecule is CC(C)(C)CCOc1ccc(CN)cc1F. The highest BCUT2D eigenvalue weighted by atomic mass is 19.1. The maximum absolute atomic E-state index is 13.5. The molecule has 0 bridgehead atoms. The number of hydrogen-bond donors (Lipinski definition) is 1. The van der Waals surface area contributed by atoms with Gasteiger partial charge in [0.15, 0.2) is 11.6 Å². The highest BCUT2D eigenvalue weighted by Crippen LogP contribution is 2.22. The smallest absolute Gasteiger partial charge is 0.165 e. The van der Waals surface area contributed by atoms with Crippen LogP contribution in [0.3, 0.4) is 0 Å². The van der Waals surface area contributed by atoms with Crippen LogP contribution >= 0.6 is 0 Å². The predicted octanol–water partition coefficient (Wildman–Crippen LogP) is 3.10. The summed E-state index contributed by atoms with van der Waals surface area (Å²) in [7, 11) is 0. The first-order chi connectivity index (χ1) is 7.42. The second kappa shape index (κ2) is 5.30. The van der Waals surface area contributed by atoms with E-state index >= 15 is 0 Å². The van der Waals surface area contributed by atoms with Gasteiger partial charge in [0.2, 0.25) is 0 Å². The van der Waals surface area contributed by atoms with E-state index in [9.17, 15) is 4.39 Å². The van der Waals surface area contributed by atoms with Crippen LogP contribution < -0.4 is 10.5 Å². The maximum Gasteiger partial charge on any atom is 0.165 e. The minimum absolute atomic E-state index is 0.202. The summed E-state index contributed by atoms with van der Waals surface area (Å²) in [6, 6.07) is 4.85. The topological polar surface area (TPSA) is 35.2 Å². The van der Waals surface area contributed by atoms with E-state index in [1.54, 1.807) is 12.1 Å². The van der Waals surface area contributed by atoms with E-state index in [4.69, 9.17) is 10.5 Å². The van der Waals surface area contributed by atoms with Gasteiger partial charge in [-0.15, -0.1) is 0 Å². The Morgan fingerprint density at radius 3 is 2.50 bits per heavy atom. The summed E-state index contributed by atoms with van der Waals surface area (Å²) in [5.74, 6) is -0.0293. The molecule has 3 heteroatoms. The van der Waals surface area contributed by atoms with Crippen molar-refractivity contribution in [3.63, 3.8) is 0 Å². The summed E-state index contributed by atoms with van der Waals surface area (Å²) in [5, 5.41) is 0. The van der Waals surface area contributed by atoms with Gasteiger partial charge < -0.3 is 10.5 Å². The number of halogens is 1. The van der Waals surface area contributed by atoms with Crippen LogP contribution in [0.1, 0.15) is 32.8 Å². The largest absolute Gasteiger partial charge is 0.490 e. The van der Waals surface area contributed by atoms with Crippen LogP contribution in [-0.4, -0.2) is 6.61 Å². The highest BCUT2D eigenvalue weighted by molar-refractivity contribution is 5.29. The number of hydrogen-bond acceptors (Lipinski definition) is 2. The van der Waals surface area contributed by atoms with Gasteiger partial charge in [-0.2, -0.15) is 0 Å². The Kier molecular flexibility index (Phi) is 4.30. The van der Waals surface area contributed by atoms with Crippen LogP contribution in [0.5, 0.6) is 5.75 Å². The van der Waals surface area contributed by atoms with Crippen LogP contribution in [-0.2, 0) is 6.54 Å². The Balaban J connectivity index is 2.55. The Hall–Kier alpha value is -1.09. The first-order valence-corrected chi connectivity index (χ1v) is 5.54. The van der Waals surface area contributed by atoms with Crippen molar-refractivity contribution in [2.45, 2.75) is 33.7 Å². The van der Waals surface area contributed by atoms with Crippen LogP contribution in [0.15, 0.2) is 18.2 Å². The van der Waals surface area contributed by atoms with E-state index in [2.05, 4.69) is 20.8 Å². The summed E-state index contributed by atoms with van der Waals surface area (Å²) in [6.45, 7) is 7.26. The van der Waals surface area contributed by atoms with Gasteiger partial charge in [0, 0.05) is 6.54 Å². The van der Waals surface area contributed by atoms with Crippen molar-refractivity contribution in [3.05, 3.63) is 29.6 Å². The third-order valence-corrected chi connectivity index (χ3v) is 2.34. The van der Waals surface area contributed by atoms with Gasteiger partial charge >= 0.3 is 0 Å². The maximum atomic E-state index is 13.5. The van der Waals surface area contributed by atoms with Crippen molar-refractivity contribution in [2.75, 3.05) is 6.61 Å². The lowest BCUT2D eigenvalue weighted by Gasteiger charge is -2.18. The van der Waals surface area contributed by atoms with Gasteiger partial charge in [0.25, 0.3) is 0 Å². The number of nitrogens with two attached hydrogens (primary N) is 1. The molecule has 0 amide bonds. The number of rotatable bonds is 4. The minimum atomic E-state index is -0.336. The molecule has 2 N–H and O–H groups in total. The van der Waals surface area contributed by atoms with E-state index in [0.29, 0.717) is 18.9 Å². The molecule has 0 atom stereocenters. The molecule has 0 saturated heterocycles. The molecule has 0 aliphatic rings. The van der Waals surface area contributed by atoms with E-state index < -0.39 is 0 Å². The molecule has 0 aliphatic heterocycles. The zero-order valence-electron chi connectivity index (χ0n) is 10.2.